The summed E-state index contributed by atoms with van der Waals surface area (Å²) in [5.41, 5.74) is 1.32. The number of ether oxygens (including phenoxy) is 1. The average Bonchev–Trinajstić information content (AvgIpc) is 2.30. The van der Waals surface area contributed by atoms with E-state index >= 15 is 0 Å². The molecule has 1 aromatic rings. The van der Waals surface area contributed by atoms with Crippen LogP contribution >= 0.6 is 0 Å². The van der Waals surface area contributed by atoms with E-state index in [0.29, 0.717) is 5.56 Å². The Morgan fingerprint density at radius 1 is 1.40 bits per heavy atom. The molecule has 1 unspecified atom stereocenters. The highest BCUT2D eigenvalue weighted by molar-refractivity contribution is 5.87. The van der Waals surface area contributed by atoms with E-state index in [-0.39, 0.29) is 6.10 Å². The van der Waals surface area contributed by atoms with Crippen molar-refractivity contribution in [3.8, 4) is 0 Å². The van der Waals surface area contributed by atoms with Crippen molar-refractivity contribution in [1.82, 2.24) is 0 Å². The predicted octanol–water partition coefficient (Wildman–Crippen LogP) is 2.63. The summed E-state index contributed by atoms with van der Waals surface area (Å²) >= 11 is 0. The second-order valence-corrected chi connectivity index (χ2v) is 3.79. The van der Waals surface area contributed by atoms with Crippen molar-refractivity contribution >= 4 is 5.97 Å². The lowest BCUT2D eigenvalue weighted by Gasteiger charge is -2.23. The monoisotopic (exact) mass is 206 g/mol. The number of rotatable bonds is 2. The third-order valence-electron chi connectivity index (χ3n) is 2.69. The molecule has 1 atom stereocenters. The van der Waals surface area contributed by atoms with Crippen LogP contribution in [0.5, 0.6) is 0 Å². The number of carboxylic acid groups (broad SMARTS) is 1. The third kappa shape index (κ3) is 2.36. The van der Waals surface area contributed by atoms with Crippen LogP contribution in [0.4, 0.5) is 0 Å². The molecular weight excluding hydrogens is 192 g/mol. The number of benzene rings is 1. The zero-order valence-electron chi connectivity index (χ0n) is 8.48. The van der Waals surface area contributed by atoms with E-state index in [2.05, 4.69) is 0 Å². The highest BCUT2D eigenvalue weighted by Gasteiger charge is 2.16. The summed E-state index contributed by atoms with van der Waals surface area (Å²) in [5.74, 6) is -0.882. The molecule has 1 aliphatic heterocycles. The predicted molar refractivity (Wildman–Crippen MR) is 55.9 cm³/mol. The van der Waals surface area contributed by atoms with Gasteiger partial charge in [0, 0.05) is 6.61 Å². The van der Waals surface area contributed by atoms with Crippen molar-refractivity contribution in [2.45, 2.75) is 25.4 Å². The molecule has 3 heteroatoms. The topological polar surface area (TPSA) is 46.5 Å². The van der Waals surface area contributed by atoms with Gasteiger partial charge in [0.2, 0.25) is 0 Å². The van der Waals surface area contributed by atoms with Crippen LogP contribution in [0.15, 0.2) is 24.3 Å². The summed E-state index contributed by atoms with van der Waals surface area (Å²) < 4.78 is 5.61. The standard InChI is InChI=1S/C12H14O3/c13-12(14)10-5-3-4-9(8-10)11-6-1-2-7-15-11/h3-5,8,11H,1-2,6-7H2,(H,13,14). The van der Waals surface area contributed by atoms with Gasteiger partial charge in [-0.15, -0.1) is 0 Å². The van der Waals surface area contributed by atoms with Crippen molar-refractivity contribution in [1.29, 1.82) is 0 Å². The van der Waals surface area contributed by atoms with Crippen LogP contribution in [0.3, 0.4) is 0 Å². The van der Waals surface area contributed by atoms with Gasteiger partial charge in [0.1, 0.15) is 0 Å². The molecule has 0 bridgehead atoms. The first-order valence-corrected chi connectivity index (χ1v) is 5.22. The molecule has 1 aromatic carbocycles. The molecule has 15 heavy (non-hydrogen) atoms. The quantitative estimate of drug-likeness (QED) is 0.809. The molecule has 0 saturated carbocycles. The second kappa shape index (κ2) is 4.45. The number of carbonyl (C=O) groups is 1. The molecular formula is C12H14O3. The van der Waals surface area contributed by atoms with Gasteiger partial charge in [0.25, 0.3) is 0 Å². The Labute approximate surface area is 88.7 Å². The van der Waals surface area contributed by atoms with Crippen molar-refractivity contribution < 1.29 is 14.6 Å². The maximum Gasteiger partial charge on any atom is 0.335 e. The van der Waals surface area contributed by atoms with Gasteiger partial charge in [0.05, 0.1) is 11.7 Å². The lowest BCUT2D eigenvalue weighted by Crippen LogP contribution is -2.12. The first-order chi connectivity index (χ1) is 7.27. The first-order valence-electron chi connectivity index (χ1n) is 5.22. The zero-order chi connectivity index (χ0) is 10.7. The lowest BCUT2D eigenvalue weighted by atomic mass is 10.00. The van der Waals surface area contributed by atoms with Gasteiger partial charge < -0.3 is 9.84 Å². The molecule has 1 N–H and O–H groups in total. The maximum atomic E-state index is 10.8. The SMILES string of the molecule is O=C(O)c1cccc(C2CCCCO2)c1. The van der Waals surface area contributed by atoms with Crippen molar-refractivity contribution in [2.24, 2.45) is 0 Å². The average molecular weight is 206 g/mol. The Morgan fingerprint density at radius 3 is 2.93 bits per heavy atom. The Kier molecular flexibility index (Phi) is 3.02. The van der Waals surface area contributed by atoms with Crippen LogP contribution in [-0.2, 0) is 4.74 Å². The number of hydrogen-bond acceptors (Lipinski definition) is 2. The van der Waals surface area contributed by atoms with Gasteiger partial charge in [-0.3, -0.25) is 0 Å². The van der Waals surface area contributed by atoms with Gasteiger partial charge in [-0.1, -0.05) is 12.1 Å². The lowest BCUT2D eigenvalue weighted by molar-refractivity contribution is 0.0149. The summed E-state index contributed by atoms with van der Waals surface area (Å²) in [5, 5.41) is 8.87. The molecule has 0 aliphatic carbocycles. The van der Waals surface area contributed by atoms with Crippen LogP contribution in [0, 0.1) is 0 Å². The molecule has 0 spiro atoms. The minimum absolute atomic E-state index is 0.0815. The Bertz CT molecular complexity index is 354. The molecule has 1 saturated heterocycles. The Balaban J connectivity index is 2.19. The summed E-state index contributed by atoms with van der Waals surface area (Å²) in [6, 6.07) is 7.02. The van der Waals surface area contributed by atoms with E-state index in [1.165, 1.54) is 0 Å². The number of carboxylic acids is 1. The van der Waals surface area contributed by atoms with E-state index in [1.54, 1.807) is 18.2 Å². The normalized spacial score (nSPS) is 21.2. The van der Waals surface area contributed by atoms with E-state index in [9.17, 15) is 4.79 Å². The Hall–Kier alpha value is -1.35. The Morgan fingerprint density at radius 2 is 2.27 bits per heavy atom. The van der Waals surface area contributed by atoms with Gasteiger partial charge >= 0.3 is 5.97 Å². The first kappa shape index (κ1) is 10.2. The van der Waals surface area contributed by atoms with E-state index in [4.69, 9.17) is 9.84 Å². The fraction of sp³-hybridized carbons (Fsp3) is 0.417. The minimum atomic E-state index is -0.882. The van der Waals surface area contributed by atoms with Crippen molar-refractivity contribution in [2.75, 3.05) is 6.61 Å². The van der Waals surface area contributed by atoms with E-state index in [1.807, 2.05) is 6.07 Å². The van der Waals surface area contributed by atoms with Gasteiger partial charge in [0.15, 0.2) is 0 Å². The third-order valence-corrected chi connectivity index (χ3v) is 2.69. The van der Waals surface area contributed by atoms with Crippen LogP contribution in [0.25, 0.3) is 0 Å². The largest absolute Gasteiger partial charge is 0.478 e. The molecule has 0 aromatic heterocycles. The van der Waals surface area contributed by atoms with Crippen LogP contribution in [0.1, 0.15) is 41.3 Å². The fourth-order valence-corrected chi connectivity index (χ4v) is 1.88. The molecule has 80 valence electrons. The smallest absolute Gasteiger partial charge is 0.335 e. The van der Waals surface area contributed by atoms with Crippen molar-refractivity contribution in [3.05, 3.63) is 35.4 Å². The summed E-state index contributed by atoms with van der Waals surface area (Å²) in [6.07, 6.45) is 3.33. The zero-order valence-corrected chi connectivity index (χ0v) is 8.48. The molecule has 1 aliphatic rings. The maximum absolute atomic E-state index is 10.8. The van der Waals surface area contributed by atoms with E-state index < -0.39 is 5.97 Å². The summed E-state index contributed by atoms with van der Waals surface area (Å²) in [7, 11) is 0. The van der Waals surface area contributed by atoms with Gasteiger partial charge in [-0.25, -0.2) is 4.79 Å². The molecule has 2 rings (SSSR count). The molecule has 0 radical (unpaired) electrons. The van der Waals surface area contributed by atoms with Gasteiger partial charge in [-0.2, -0.15) is 0 Å². The minimum Gasteiger partial charge on any atom is -0.478 e. The summed E-state index contributed by atoms with van der Waals surface area (Å²) in [6.45, 7) is 0.780. The molecule has 0 amide bonds. The van der Waals surface area contributed by atoms with Gasteiger partial charge in [-0.05, 0) is 37.0 Å². The molecule has 1 heterocycles. The highest BCUT2D eigenvalue weighted by Crippen LogP contribution is 2.28. The molecule has 3 nitrogen and oxygen atoms in total. The molecule has 1 fully saturated rings. The fourth-order valence-electron chi connectivity index (χ4n) is 1.88. The van der Waals surface area contributed by atoms with Crippen LogP contribution in [-0.4, -0.2) is 17.7 Å². The number of hydrogen-bond donors (Lipinski definition) is 1. The highest BCUT2D eigenvalue weighted by atomic mass is 16.5. The van der Waals surface area contributed by atoms with E-state index in [0.717, 1.165) is 31.4 Å². The summed E-state index contributed by atoms with van der Waals surface area (Å²) in [4.78, 5) is 10.8. The van der Waals surface area contributed by atoms with Crippen LogP contribution < -0.4 is 0 Å². The van der Waals surface area contributed by atoms with Crippen LogP contribution in [0.2, 0.25) is 0 Å². The number of aromatic carboxylic acids is 1. The second-order valence-electron chi connectivity index (χ2n) is 3.79. The van der Waals surface area contributed by atoms with Crippen molar-refractivity contribution in [3.63, 3.8) is 0 Å².